The van der Waals surface area contributed by atoms with E-state index in [4.69, 9.17) is 9.47 Å². The Labute approximate surface area is 212 Å². The number of esters is 1. The minimum Gasteiger partial charge on any atom is -0.507 e. The number of ether oxygens (including phenoxy) is 2. The zero-order valence-corrected chi connectivity index (χ0v) is 21.4. The Morgan fingerprint density at radius 1 is 1.11 bits per heavy atom. The maximum absolute atomic E-state index is 13.4. The number of rotatable bonds is 6. The lowest BCUT2D eigenvalue weighted by Crippen LogP contribution is -2.29. The van der Waals surface area contributed by atoms with Crippen molar-refractivity contribution in [2.45, 2.75) is 33.7 Å². The molecule has 1 aliphatic rings. The van der Waals surface area contributed by atoms with E-state index in [-0.39, 0.29) is 27.9 Å². The molecule has 1 amide bonds. The summed E-state index contributed by atoms with van der Waals surface area (Å²) in [5.74, 6) is -1.91. The summed E-state index contributed by atoms with van der Waals surface area (Å²) in [5, 5.41) is 11.5. The molecular weight excluding hydrogens is 480 g/mol. The Morgan fingerprint density at radius 3 is 2.42 bits per heavy atom. The van der Waals surface area contributed by atoms with Crippen molar-refractivity contribution in [3.63, 3.8) is 0 Å². The van der Waals surface area contributed by atoms with Crippen LogP contribution in [0.1, 0.15) is 50.6 Å². The van der Waals surface area contributed by atoms with Crippen LogP contribution in [0.4, 0.5) is 5.13 Å². The number of anilines is 1. The summed E-state index contributed by atoms with van der Waals surface area (Å²) in [6.07, 6.45) is 0. The predicted octanol–water partition coefficient (Wildman–Crippen LogP) is 4.88. The lowest BCUT2D eigenvalue weighted by molar-refractivity contribution is -0.132. The molecule has 9 heteroatoms. The van der Waals surface area contributed by atoms with Gasteiger partial charge in [0.2, 0.25) is 0 Å². The zero-order valence-electron chi connectivity index (χ0n) is 20.6. The summed E-state index contributed by atoms with van der Waals surface area (Å²) in [7, 11) is 1.54. The quantitative estimate of drug-likeness (QED) is 0.220. The van der Waals surface area contributed by atoms with Crippen molar-refractivity contribution in [3.05, 3.63) is 80.9 Å². The molecule has 8 nitrogen and oxygen atoms in total. The van der Waals surface area contributed by atoms with E-state index in [1.807, 2.05) is 19.1 Å². The summed E-state index contributed by atoms with van der Waals surface area (Å²) in [4.78, 5) is 45.1. The highest BCUT2D eigenvalue weighted by Gasteiger charge is 2.48. The fourth-order valence-corrected chi connectivity index (χ4v) is 5.13. The maximum Gasteiger partial charge on any atom is 0.350 e. The number of hydrogen-bond donors (Lipinski definition) is 1. The van der Waals surface area contributed by atoms with E-state index in [1.165, 1.54) is 12.0 Å². The van der Waals surface area contributed by atoms with Crippen LogP contribution in [-0.2, 0) is 14.3 Å². The molecule has 1 aliphatic heterocycles. The number of carbonyl (C=O) groups excluding carboxylic acids is 3. The van der Waals surface area contributed by atoms with E-state index in [9.17, 15) is 19.5 Å². The minimum absolute atomic E-state index is 0.0531. The lowest BCUT2D eigenvalue weighted by atomic mass is 9.93. The third-order valence-electron chi connectivity index (χ3n) is 5.98. The zero-order chi connectivity index (χ0) is 26.1. The first-order valence-corrected chi connectivity index (χ1v) is 12.2. The number of aliphatic hydroxyl groups excluding tert-OH is 1. The number of aryl methyl sites for hydroxylation is 3. The standard InChI is InChI=1S/C27H26N2O6S/c1-6-35-26(33)24-16(4)28-27(36-24)29-21(17-9-7-14(2)8-10-17)20(23(31)25(29)32)22(30)19-12-11-18(34-5)13-15(19)3/h7-13,21,30H,6H2,1-5H3/b22-20-. The number of benzene rings is 2. The van der Waals surface area contributed by atoms with Crippen molar-refractivity contribution >= 4 is 39.9 Å². The summed E-state index contributed by atoms with van der Waals surface area (Å²) in [6, 6.07) is 11.5. The highest BCUT2D eigenvalue weighted by atomic mass is 32.1. The lowest BCUT2D eigenvalue weighted by Gasteiger charge is -2.23. The van der Waals surface area contributed by atoms with Gasteiger partial charge in [0.25, 0.3) is 5.78 Å². The first-order valence-electron chi connectivity index (χ1n) is 11.3. The number of hydrogen-bond acceptors (Lipinski definition) is 8. The molecule has 1 atom stereocenters. The number of aliphatic hydroxyl groups is 1. The molecule has 0 radical (unpaired) electrons. The summed E-state index contributed by atoms with van der Waals surface area (Å²) in [5.41, 5.74) is 3.05. The van der Waals surface area contributed by atoms with E-state index in [2.05, 4.69) is 4.98 Å². The van der Waals surface area contributed by atoms with E-state index in [0.717, 1.165) is 16.9 Å². The molecule has 0 bridgehead atoms. The third kappa shape index (κ3) is 4.37. The molecule has 4 rings (SSSR count). The average Bonchev–Trinajstić information content (AvgIpc) is 3.36. The van der Waals surface area contributed by atoms with Gasteiger partial charge in [0.15, 0.2) is 5.13 Å². The Bertz CT molecular complexity index is 1390. The number of ketones is 1. The fourth-order valence-electron chi connectivity index (χ4n) is 4.14. The molecule has 3 aromatic rings. The van der Waals surface area contributed by atoms with Crippen LogP contribution in [0.2, 0.25) is 0 Å². The first kappa shape index (κ1) is 25.1. The number of methoxy groups -OCH3 is 1. The van der Waals surface area contributed by atoms with Crippen molar-refractivity contribution in [1.82, 2.24) is 4.98 Å². The molecule has 186 valence electrons. The molecule has 0 saturated carbocycles. The van der Waals surface area contributed by atoms with Crippen LogP contribution >= 0.6 is 11.3 Å². The molecule has 1 aromatic heterocycles. The molecule has 2 aromatic carbocycles. The van der Waals surface area contributed by atoms with Crippen LogP contribution in [0.25, 0.3) is 5.76 Å². The smallest absolute Gasteiger partial charge is 0.350 e. The number of thiazole rings is 1. The van der Waals surface area contributed by atoms with Crippen molar-refractivity contribution in [2.75, 3.05) is 18.6 Å². The van der Waals surface area contributed by atoms with Gasteiger partial charge < -0.3 is 14.6 Å². The molecule has 0 aliphatic carbocycles. The largest absolute Gasteiger partial charge is 0.507 e. The van der Waals surface area contributed by atoms with Gasteiger partial charge in [0.1, 0.15) is 16.4 Å². The second-order valence-corrected chi connectivity index (χ2v) is 9.37. The molecular formula is C27H26N2O6S. The normalized spacial score (nSPS) is 16.9. The summed E-state index contributed by atoms with van der Waals surface area (Å²) >= 11 is 0.976. The van der Waals surface area contributed by atoms with Crippen LogP contribution in [0, 0.1) is 20.8 Å². The Hall–Kier alpha value is -3.98. The summed E-state index contributed by atoms with van der Waals surface area (Å²) < 4.78 is 10.4. The Morgan fingerprint density at radius 2 is 1.81 bits per heavy atom. The van der Waals surface area contributed by atoms with Crippen LogP contribution in [0.5, 0.6) is 5.75 Å². The molecule has 2 heterocycles. The average molecular weight is 507 g/mol. The Balaban J connectivity index is 1.92. The van der Waals surface area contributed by atoms with Crippen LogP contribution in [0.3, 0.4) is 0 Å². The highest BCUT2D eigenvalue weighted by Crippen LogP contribution is 2.44. The van der Waals surface area contributed by atoms with E-state index < -0.39 is 23.7 Å². The van der Waals surface area contributed by atoms with Gasteiger partial charge in [-0.05, 0) is 57.0 Å². The third-order valence-corrected chi connectivity index (χ3v) is 7.12. The van der Waals surface area contributed by atoms with E-state index in [1.54, 1.807) is 51.1 Å². The van der Waals surface area contributed by atoms with E-state index in [0.29, 0.717) is 28.1 Å². The topological polar surface area (TPSA) is 106 Å². The van der Waals surface area contributed by atoms with E-state index >= 15 is 0 Å². The van der Waals surface area contributed by atoms with Crippen molar-refractivity contribution in [3.8, 4) is 5.75 Å². The predicted molar refractivity (Wildman–Crippen MR) is 137 cm³/mol. The van der Waals surface area contributed by atoms with Gasteiger partial charge in [-0.15, -0.1) is 0 Å². The van der Waals surface area contributed by atoms with Gasteiger partial charge in [-0.2, -0.15) is 0 Å². The number of nitrogens with zero attached hydrogens (tertiary/aromatic N) is 2. The van der Waals surface area contributed by atoms with Crippen molar-refractivity contribution in [2.24, 2.45) is 0 Å². The minimum atomic E-state index is -0.937. The van der Waals surface area contributed by atoms with Crippen LogP contribution in [-0.4, -0.2) is 41.5 Å². The van der Waals surface area contributed by atoms with Crippen molar-refractivity contribution in [1.29, 1.82) is 0 Å². The molecule has 36 heavy (non-hydrogen) atoms. The first-order chi connectivity index (χ1) is 17.2. The second kappa shape index (κ2) is 9.94. The van der Waals surface area contributed by atoms with Crippen LogP contribution in [0.15, 0.2) is 48.0 Å². The Kier molecular flexibility index (Phi) is 6.94. The number of amides is 1. The number of carbonyl (C=O) groups is 3. The van der Waals surface area contributed by atoms with Gasteiger partial charge >= 0.3 is 11.9 Å². The second-order valence-electron chi connectivity index (χ2n) is 8.39. The van der Waals surface area contributed by atoms with Crippen LogP contribution < -0.4 is 9.64 Å². The maximum atomic E-state index is 13.4. The molecule has 0 spiro atoms. The highest BCUT2D eigenvalue weighted by molar-refractivity contribution is 7.17. The number of aromatic nitrogens is 1. The van der Waals surface area contributed by atoms with Gasteiger partial charge in [0, 0.05) is 5.56 Å². The monoisotopic (exact) mass is 506 g/mol. The fraction of sp³-hybridized carbons (Fsp3) is 0.259. The summed E-state index contributed by atoms with van der Waals surface area (Å²) in [6.45, 7) is 7.25. The molecule has 1 N–H and O–H groups in total. The molecule has 1 fully saturated rings. The molecule has 1 unspecified atom stereocenters. The van der Waals surface area contributed by atoms with Gasteiger partial charge in [-0.25, -0.2) is 9.78 Å². The SMILES string of the molecule is CCOC(=O)c1sc(N2C(=O)C(=O)/C(=C(\O)c3ccc(OC)cc3C)C2c2ccc(C)cc2)nc1C. The van der Waals surface area contributed by atoms with Gasteiger partial charge in [-0.3, -0.25) is 14.5 Å². The van der Waals surface area contributed by atoms with Gasteiger partial charge in [0.05, 0.1) is 31.0 Å². The van der Waals surface area contributed by atoms with Crippen molar-refractivity contribution < 1.29 is 29.0 Å². The molecule has 1 saturated heterocycles. The van der Waals surface area contributed by atoms with Gasteiger partial charge in [-0.1, -0.05) is 41.2 Å². The number of Topliss-reactive ketones (excluding diaryl/α,β-unsaturated/α-hetero) is 1.